The van der Waals surface area contributed by atoms with Gasteiger partial charge in [-0.25, -0.2) is 0 Å². The maximum Gasteiger partial charge on any atom is 0.223 e. The molecule has 0 heterocycles. The molecule has 0 aromatic heterocycles. The Morgan fingerprint density at radius 3 is 2.06 bits per heavy atom. The van der Waals surface area contributed by atoms with Crippen molar-refractivity contribution in [3.8, 4) is 0 Å². The van der Waals surface area contributed by atoms with Crippen LogP contribution < -0.4 is 5.32 Å². The Morgan fingerprint density at radius 2 is 1.53 bits per heavy atom. The molecule has 2 nitrogen and oxygen atoms in total. The number of rotatable bonds is 9. The normalized spacial score (nSPS) is 13.1. The van der Waals surface area contributed by atoms with E-state index in [9.17, 15) is 4.79 Å². The van der Waals surface area contributed by atoms with E-state index in [0.717, 1.165) is 18.9 Å². The summed E-state index contributed by atoms with van der Waals surface area (Å²) < 4.78 is 0. The first-order valence-electron chi connectivity index (χ1n) is 7.22. The lowest BCUT2D eigenvalue weighted by Gasteiger charge is -2.15. The zero-order valence-electron chi connectivity index (χ0n) is 12.4. The summed E-state index contributed by atoms with van der Waals surface area (Å²) in [6.07, 6.45) is 6.32. The predicted molar refractivity (Wildman–Crippen MR) is 74.9 cm³/mol. The van der Waals surface area contributed by atoms with Crippen LogP contribution in [0.15, 0.2) is 0 Å². The van der Waals surface area contributed by atoms with Crippen LogP contribution in [0.2, 0.25) is 0 Å². The molecule has 0 spiro atoms. The fourth-order valence-electron chi connectivity index (χ4n) is 1.71. The van der Waals surface area contributed by atoms with Crippen molar-refractivity contribution in [2.75, 3.05) is 6.54 Å². The SMILES string of the molecule is CC(C)CCCCCCNC(=O)C(C)C(C)C. The van der Waals surface area contributed by atoms with Crippen molar-refractivity contribution in [3.63, 3.8) is 0 Å². The highest BCUT2D eigenvalue weighted by Crippen LogP contribution is 2.10. The van der Waals surface area contributed by atoms with Gasteiger partial charge in [0.05, 0.1) is 0 Å². The number of hydrogen-bond donors (Lipinski definition) is 1. The first-order chi connectivity index (χ1) is 7.95. The molecule has 0 aromatic rings. The molecule has 0 aliphatic carbocycles. The molecule has 0 aliphatic rings. The van der Waals surface area contributed by atoms with Gasteiger partial charge in [0.15, 0.2) is 0 Å². The number of carbonyl (C=O) groups is 1. The van der Waals surface area contributed by atoms with Gasteiger partial charge in [0.25, 0.3) is 0 Å². The van der Waals surface area contributed by atoms with Crippen molar-refractivity contribution in [1.29, 1.82) is 0 Å². The Balaban J connectivity index is 3.37. The number of nitrogens with one attached hydrogen (secondary N) is 1. The zero-order chi connectivity index (χ0) is 13.3. The van der Waals surface area contributed by atoms with Crippen LogP contribution in [0.1, 0.15) is 66.7 Å². The summed E-state index contributed by atoms with van der Waals surface area (Å²) in [5.74, 6) is 1.60. The highest BCUT2D eigenvalue weighted by molar-refractivity contribution is 5.78. The molecule has 0 aliphatic heterocycles. The number of carbonyl (C=O) groups excluding carboxylic acids is 1. The fraction of sp³-hybridized carbons (Fsp3) is 0.933. The van der Waals surface area contributed by atoms with Gasteiger partial charge in [0, 0.05) is 12.5 Å². The average molecular weight is 241 g/mol. The second kappa shape index (κ2) is 9.49. The molecule has 102 valence electrons. The van der Waals surface area contributed by atoms with Crippen LogP contribution in [0.25, 0.3) is 0 Å². The Morgan fingerprint density at radius 1 is 0.941 bits per heavy atom. The average Bonchev–Trinajstić information content (AvgIpc) is 2.25. The minimum absolute atomic E-state index is 0.135. The van der Waals surface area contributed by atoms with Crippen LogP contribution in [0.5, 0.6) is 0 Å². The molecule has 0 bridgehead atoms. The molecule has 0 aromatic carbocycles. The summed E-state index contributed by atoms with van der Waals surface area (Å²) in [6, 6.07) is 0. The molecule has 1 amide bonds. The molecule has 0 radical (unpaired) electrons. The number of unbranched alkanes of at least 4 members (excludes halogenated alkanes) is 3. The van der Waals surface area contributed by atoms with Crippen LogP contribution >= 0.6 is 0 Å². The molecule has 0 rings (SSSR count). The largest absolute Gasteiger partial charge is 0.356 e. The van der Waals surface area contributed by atoms with Gasteiger partial charge in [-0.3, -0.25) is 4.79 Å². The predicted octanol–water partition coefficient (Wildman–Crippen LogP) is 4.00. The van der Waals surface area contributed by atoms with Gasteiger partial charge in [-0.15, -0.1) is 0 Å². The van der Waals surface area contributed by atoms with Crippen molar-refractivity contribution < 1.29 is 4.79 Å². The monoisotopic (exact) mass is 241 g/mol. The van der Waals surface area contributed by atoms with E-state index in [4.69, 9.17) is 0 Å². The molecule has 0 fully saturated rings. The van der Waals surface area contributed by atoms with Gasteiger partial charge in [0.2, 0.25) is 5.91 Å². The Kier molecular flexibility index (Phi) is 9.20. The highest BCUT2D eigenvalue weighted by Gasteiger charge is 2.15. The van der Waals surface area contributed by atoms with Crippen LogP contribution in [0.3, 0.4) is 0 Å². The third-order valence-electron chi connectivity index (χ3n) is 3.42. The maximum atomic E-state index is 11.7. The van der Waals surface area contributed by atoms with Gasteiger partial charge >= 0.3 is 0 Å². The van der Waals surface area contributed by atoms with Crippen LogP contribution in [0, 0.1) is 17.8 Å². The van der Waals surface area contributed by atoms with Crippen LogP contribution in [0.4, 0.5) is 0 Å². The van der Waals surface area contributed by atoms with Crippen molar-refractivity contribution >= 4 is 5.91 Å². The van der Waals surface area contributed by atoms with Gasteiger partial charge in [0.1, 0.15) is 0 Å². The lowest BCUT2D eigenvalue weighted by molar-refractivity contribution is -0.125. The van der Waals surface area contributed by atoms with Crippen molar-refractivity contribution in [1.82, 2.24) is 5.32 Å². The molecular weight excluding hydrogens is 210 g/mol. The van der Waals surface area contributed by atoms with E-state index in [1.807, 2.05) is 6.92 Å². The third-order valence-corrected chi connectivity index (χ3v) is 3.42. The molecule has 1 unspecified atom stereocenters. The second-order valence-electron chi connectivity index (χ2n) is 5.92. The summed E-state index contributed by atoms with van der Waals surface area (Å²) in [7, 11) is 0. The summed E-state index contributed by atoms with van der Waals surface area (Å²) in [5.41, 5.74) is 0. The molecule has 1 atom stereocenters. The van der Waals surface area contributed by atoms with Gasteiger partial charge in [-0.05, 0) is 18.3 Å². The summed E-state index contributed by atoms with van der Waals surface area (Å²) >= 11 is 0. The minimum Gasteiger partial charge on any atom is -0.356 e. The lowest BCUT2D eigenvalue weighted by atomic mass is 9.97. The molecule has 2 heteroatoms. The number of hydrogen-bond acceptors (Lipinski definition) is 1. The third kappa shape index (κ3) is 9.20. The number of amides is 1. The molecule has 1 N–H and O–H groups in total. The lowest BCUT2D eigenvalue weighted by Crippen LogP contribution is -2.32. The van der Waals surface area contributed by atoms with Gasteiger partial charge in [-0.2, -0.15) is 0 Å². The Bertz CT molecular complexity index is 199. The van der Waals surface area contributed by atoms with Crippen LogP contribution in [-0.2, 0) is 4.79 Å². The molecule has 17 heavy (non-hydrogen) atoms. The topological polar surface area (TPSA) is 29.1 Å². The van der Waals surface area contributed by atoms with E-state index in [1.54, 1.807) is 0 Å². The van der Waals surface area contributed by atoms with E-state index in [0.29, 0.717) is 5.92 Å². The first-order valence-corrected chi connectivity index (χ1v) is 7.22. The zero-order valence-corrected chi connectivity index (χ0v) is 12.4. The second-order valence-corrected chi connectivity index (χ2v) is 5.92. The molecular formula is C15H31NO. The van der Waals surface area contributed by atoms with E-state index >= 15 is 0 Å². The van der Waals surface area contributed by atoms with Crippen LogP contribution in [-0.4, -0.2) is 12.5 Å². The smallest absolute Gasteiger partial charge is 0.223 e. The summed E-state index contributed by atoms with van der Waals surface area (Å²) in [5, 5.41) is 3.02. The Labute approximate surface area is 108 Å². The first kappa shape index (κ1) is 16.5. The van der Waals surface area contributed by atoms with Crippen molar-refractivity contribution in [2.45, 2.75) is 66.7 Å². The maximum absolute atomic E-state index is 11.7. The molecule has 0 saturated heterocycles. The van der Waals surface area contributed by atoms with Crippen molar-refractivity contribution in [3.05, 3.63) is 0 Å². The summed E-state index contributed by atoms with van der Waals surface area (Å²) in [4.78, 5) is 11.7. The summed E-state index contributed by atoms with van der Waals surface area (Å²) in [6.45, 7) is 11.6. The Hall–Kier alpha value is -0.530. The minimum atomic E-state index is 0.135. The molecule has 0 saturated carbocycles. The van der Waals surface area contributed by atoms with Gasteiger partial charge in [-0.1, -0.05) is 60.3 Å². The van der Waals surface area contributed by atoms with E-state index in [-0.39, 0.29) is 11.8 Å². The van der Waals surface area contributed by atoms with Gasteiger partial charge < -0.3 is 5.32 Å². The highest BCUT2D eigenvalue weighted by atomic mass is 16.1. The van der Waals surface area contributed by atoms with E-state index in [1.165, 1.54) is 25.7 Å². The van der Waals surface area contributed by atoms with E-state index < -0.39 is 0 Å². The quantitative estimate of drug-likeness (QED) is 0.607. The van der Waals surface area contributed by atoms with E-state index in [2.05, 4.69) is 33.0 Å². The van der Waals surface area contributed by atoms with Crippen molar-refractivity contribution in [2.24, 2.45) is 17.8 Å². The standard InChI is InChI=1S/C15H31NO/c1-12(2)10-8-6-7-9-11-16-15(17)14(5)13(3)4/h12-14H,6-11H2,1-5H3,(H,16,17). The fourth-order valence-corrected chi connectivity index (χ4v) is 1.71.